The van der Waals surface area contributed by atoms with Gasteiger partial charge in [-0.2, -0.15) is 5.26 Å². The van der Waals surface area contributed by atoms with Crippen LogP contribution in [0.1, 0.15) is 16.7 Å². The van der Waals surface area contributed by atoms with Gasteiger partial charge in [0.25, 0.3) is 5.91 Å². The molecule has 2 rings (SSSR count). The molecule has 5 heteroatoms. The maximum atomic E-state index is 12.0. The van der Waals surface area contributed by atoms with E-state index in [-0.39, 0.29) is 11.5 Å². The fourth-order valence-corrected chi connectivity index (χ4v) is 2.35. The first-order valence-corrected chi connectivity index (χ1v) is 8.16. The maximum absolute atomic E-state index is 12.0. The number of nitrogens with zero attached hydrogens (tertiary/aromatic N) is 1. The van der Waals surface area contributed by atoms with Crippen LogP contribution in [0.5, 0.6) is 0 Å². The molecule has 0 aliphatic carbocycles. The highest BCUT2D eigenvalue weighted by atomic mass is 16.1. The van der Waals surface area contributed by atoms with E-state index in [2.05, 4.69) is 10.6 Å². The van der Waals surface area contributed by atoms with Crippen LogP contribution in [0, 0.1) is 11.3 Å². The quantitative estimate of drug-likeness (QED) is 0.509. The number of nitrogens with one attached hydrogen (secondary N) is 2. The minimum Gasteiger partial charge on any atom is -0.386 e. The lowest BCUT2D eigenvalue weighted by Crippen LogP contribution is -2.27. The van der Waals surface area contributed by atoms with Crippen molar-refractivity contribution >= 4 is 5.91 Å². The number of amides is 1. The lowest BCUT2D eigenvalue weighted by atomic mass is 10.1. The molecule has 0 aliphatic rings. The molecule has 0 unspecified atom stereocenters. The third kappa shape index (κ3) is 6.13. The Hall–Kier alpha value is -3.10. The Bertz CT molecular complexity index is 763. The van der Waals surface area contributed by atoms with Gasteiger partial charge in [0.05, 0.1) is 0 Å². The molecule has 0 spiro atoms. The predicted octanol–water partition coefficient (Wildman–Crippen LogP) is 2.00. The first-order chi connectivity index (χ1) is 12.2. The number of carbonyl (C=O) groups is 1. The van der Waals surface area contributed by atoms with Crippen molar-refractivity contribution in [1.82, 2.24) is 10.6 Å². The third-order valence-corrected chi connectivity index (χ3v) is 3.69. The molecule has 0 radical (unpaired) electrons. The van der Waals surface area contributed by atoms with Crippen molar-refractivity contribution in [2.45, 2.75) is 19.5 Å². The summed E-state index contributed by atoms with van der Waals surface area (Å²) in [7, 11) is 0. The van der Waals surface area contributed by atoms with Gasteiger partial charge in [-0.1, -0.05) is 54.6 Å². The van der Waals surface area contributed by atoms with Crippen LogP contribution in [0.25, 0.3) is 0 Å². The van der Waals surface area contributed by atoms with E-state index < -0.39 is 0 Å². The van der Waals surface area contributed by atoms with Crippen molar-refractivity contribution in [3.05, 3.63) is 83.1 Å². The van der Waals surface area contributed by atoms with Gasteiger partial charge in [-0.15, -0.1) is 0 Å². The minimum absolute atomic E-state index is 0.0584. The van der Waals surface area contributed by atoms with Crippen LogP contribution >= 0.6 is 0 Å². The smallest absolute Gasteiger partial charge is 0.263 e. The fourth-order valence-electron chi connectivity index (χ4n) is 2.35. The molecule has 2 aromatic rings. The SMILES string of the molecule is N#C/C(=C/NCc1cccc(CN)c1)C(=O)NCCc1ccccc1. The second-order valence-electron chi connectivity index (χ2n) is 5.57. The second kappa shape index (κ2) is 9.91. The van der Waals surface area contributed by atoms with E-state index in [1.165, 1.54) is 6.20 Å². The van der Waals surface area contributed by atoms with Crippen molar-refractivity contribution < 1.29 is 4.79 Å². The average molecular weight is 334 g/mol. The second-order valence-corrected chi connectivity index (χ2v) is 5.57. The number of carbonyl (C=O) groups excluding carboxylic acids is 1. The van der Waals surface area contributed by atoms with E-state index in [0.717, 1.165) is 23.1 Å². The molecule has 25 heavy (non-hydrogen) atoms. The van der Waals surface area contributed by atoms with Crippen molar-refractivity contribution in [1.29, 1.82) is 5.26 Å². The van der Waals surface area contributed by atoms with E-state index in [1.54, 1.807) is 0 Å². The summed E-state index contributed by atoms with van der Waals surface area (Å²) < 4.78 is 0. The topological polar surface area (TPSA) is 90.9 Å². The molecular weight excluding hydrogens is 312 g/mol. The zero-order chi connectivity index (χ0) is 17.9. The zero-order valence-electron chi connectivity index (χ0n) is 14.0. The molecule has 128 valence electrons. The summed E-state index contributed by atoms with van der Waals surface area (Å²) in [5, 5.41) is 14.9. The monoisotopic (exact) mass is 334 g/mol. The van der Waals surface area contributed by atoms with Crippen LogP contribution < -0.4 is 16.4 Å². The molecule has 0 atom stereocenters. The normalized spacial score (nSPS) is 10.8. The Kier molecular flexibility index (Phi) is 7.23. The van der Waals surface area contributed by atoms with E-state index in [9.17, 15) is 4.79 Å². The molecule has 0 heterocycles. The van der Waals surface area contributed by atoms with Crippen LogP contribution in [0.15, 0.2) is 66.4 Å². The highest BCUT2D eigenvalue weighted by Gasteiger charge is 2.07. The van der Waals surface area contributed by atoms with Crippen LogP contribution in [-0.2, 0) is 24.3 Å². The minimum atomic E-state index is -0.373. The molecule has 0 aliphatic heterocycles. The molecule has 0 fully saturated rings. The van der Waals surface area contributed by atoms with Crippen LogP contribution in [0.4, 0.5) is 0 Å². The van der Waals surface area contributed by atoms with Gasteiger partial charge in [-0.3, -0.25) is 4.79 Å². The number of hydrogen-bond acceptors (Lipinski definition) is 4. The van der Waals surface area contributed by atoms with Gasteiger partial charge >= 0.3 is 0 Å². The van der Waals surface area contributed by atoms with Crippen molar-refractivity contribution in [2.75, 3.05) is 6.54 Å². The van der Waals surface area contributed by atoms with E-state index in [4.69, 9.17) is 11.0 Å². The Morgan fingerprint density at radius 2 is 1.80 bits per heavy atom. The first-order valence-electron chi connectivity index (χ1n) is 8.16. The number of benzene rings is 2. The average Bonchev–Trinajstić information content (AvgIpc) is 2.66. The van der Waals surface area contributed by atoms with Gasteiger partial charge in [0.1, 0.15) is 11.6 Å². The zero-order valence-corrected chi connectivity index (χ0v) is 14.0. The van der Waals surface area contributed by atoms with Gasteiger partial charge in [-0.25, -0.2) is 0 Å². The van der Waals surface area contributed by atoms with Crippen molar-refractivity contribution in [3.63, 3.8) is 0 Å². The molecule has 0 saturated heterocycles. The fraction of sp³-hybridized carbons (Fsp3) is 0.200. The summed E-state index contributed by atoms with van der Waals surface area (Å²) in [5.74, 6) is -0.373. The van der Waals surface area contributed by atoms with Crippen LogP contribution in [-0.4, -0.2) is 12.5 Å². The van der Waals surface area contributed by atoms with Crippen LogP contribution in [0.3, 0.4) is 0 Å². The third-order valence-electron chi connectivity index (χ3n) is 3.69. The van der Waals surface area contributed by atoms with E-state index in [0.29, 0.717) is 19.6 Å². The van der Waals surface area contributed by atoms with Crippen molar-refractivity contribution in [2.24, 2.45) is 5.73 Å². The summed E-state index contributed by atoms with van der Waals surface area (Å²) in [6.07, 6.45) is 2.18. The molecule has 5 nitrogen and oxygen atoms in total. The Morgan fingerprint density at radius 3 is 2.52 bits per heavy atom. The maximum Gasteiger partial charge on any atom is 0.263 e. The molecule has 2 aromatic carbocycles. The highest BCUT2D eigenvalue weighted by Crippen LogP contribution is 2.04. The molecular formula is C20H22N4O. The Labute approximate surface area is 148 Å². The Morgan fingerprint density at radius 1 is 1.08 bits per heavy atom. The molecule has 4 N–H and O–H groups in total. The summed E-state index contributed by atoms with van der Waals surface area (Å²) in [6.45, 7) is 1.49. The number of hydrogen-bond donors (Lipinski definition) is 3. The number of nitriles is 1. The van der Waals surface area contributed by atoms with Gasteiger partial charge in [0.2, 0.25) is 0 Å². The largest absolute Gasteiger partial charge is 0.386 e. The Balaban J connectivity index is 1.82. The predicted molar refractivity (Wildman–Crippen MR) is 98.0 cm³/mol. The molecule has 0 saturated carbocycles. The molecule has 1 amide bonds. The summed E-state index contributed by atoms with van der Waals surface area (Å²) >= 11 is 0. The summed E-state index contributed by atoms with van der Waals surface area (Å²) in [5.41, 5.74) is 8.90. The lowest BCUT2D eigenvalue weighted by molar-refractivity contribution is -0.117. The number of nitrogens with two attached hydrogens (primary N) is 1. The summed E-state index contributed by atoms with van der Waals surface area (Å²) in [4.78, 5) is 12.0. The standard InChI is InChI=1S/C20H22N4O/c21-12-17-7-4-8-18(11-17)14-23-15-19(13-22)20(25)24-10-9-16-5-2-1-3-6-16/h1-8,11,15,23H,9-10,12,14,21H2,(H,24,25)/b19-15-. The molecule has 0 bridgehead atoms. The van der Waals surface area contributed by atoms with E-state index in [1.807, 2.05) is 60.7 Å². The molecule has 0 aromatic heterocycles. The van der Waals surface area contributed by atoms with Gasteiger partial charge in [0.15, 0.2) is 0 Å². The lowest BCUT2D eigenvalue weighted by Gasteiger charge is -2.06. The summed E-state index contributed by atoms with van der Waals surface area (Å²) in [6, 6.07) is 19.7. The van der Waals surface area contributed by atoms with Gasteiger partial charge in [-0.05, 0) is 23.1 Å². The van der Waals surface area contributed by atoms with E-state index >= 15 is 0 Å². The highest BCUT2D eigenvalue weighted by molar-refractivity contribution is 5.97. The van der Waals surface area contributed by atoms with Crippen molar-refractivity contribution in [3.8, 4) is 6.07 Å². The van der Waals surface area contributed by atoms with Crippen LogP contribution in [0.2, 0.25) is 0 Å². The first kappa shape index (κ1) is 18.2. The van der Waals surface area contributed by atoms with Gasteiger partial charge < -0.3 is 16.4 Å². The number of rotatable bonds is 8. The van der Waals surface area contributed by atoms with Gasteiger partial charge in [0, 0.05) is 25.8 Å².